The van der Waals surface area contributed by atoms with Gasteiger partial charge in [-0.2, -0.15) is 8.42 Å². The molecule has 0 unspecified atom stereocenters. The predicted octanol–water partition coefficient (Wildman–Crippen LogP) is 14.1. The van der Waals surface area contributed by atoms with Crippen molar-refractivity contribution in [3.63, 3.8) is 0 Å². The summed E-state index contributed by atoms with van der Waals surface area (Å²) in [5, 5.41) is 1.67. The third-order valence-electron chi connectivity index (χ3n) is 10.0. The summed E-state index contributed by atoms with van der Waals surface area (Å²) in [7, 11) is -4.25. The van der Waals surface area contributed by atoms with Gasteiger partial charge < -0.3 is 0 Å². The monoisotopic (exact) mass is 657 g/mol. The van der Waals surface area contributed by atoms with Crippen LogP contribution in [0.25, 0.3) is 10.8 Å². The zero-order valence-electron chi connectivity index (χ0n) is 30.3. The van der Waals surface area contributed by atoms with Crippen molar-refractivity contribution in [2.45, 2.75) is 211 Å². The average molecular weight is 657 g/mol. The fourth-order valence-corrected chi connectivity index (χ4v) is 7.76. The zero-order chi connectivity index (χ0) is 33.1. The second-order valence-electron chi connectivity index (χ2n) is 14.3. The summed E-state index contributed by atoms with van der Waals surface area (Å²) in [5.74, 6) is 0. The third kappa shape index (κ3) is 18.8. The molecule has 0 saturated carbocycles. The van der Waals surface area contributed by atoms with Crippen molar-refractivity contribution >= 4 is 20.9 Å². The number of fused-ring (bicyclic) bond motifs is 1. The molecule has 2 aromatic carbocycles. The standard InChI is InChI=1S/C42H72O3S/c1-3-5-7-9-11-13-15-17-19-21-23-25-27-29-31-38-33-35-40-41(37-38)39(34-36-42(40)46(43,44)45)32-30-28-26-24-22-20-18-16-14-12-10-8-6-4-2/h33-37H,3-32H2,1-2H3,(H,43,44,45). The van der Waals surface area contributed by atoms with E-state index < -0.39 is 10.1 Å². The van der Waals surface area contributed by atoms with Gasteiger partial charge in [-0.05, 0) is 48.3 Å². The number of rotatable bonds is 31. The summed E-state index contributed by atoms with van der Waals surface area (Å²) in [5.41, 5.74) is 2.49. The number of hydrogen-bond acceptors (Lipinski definition) is 2. The lowest BCUT2D eigenvalue weighted by molar-refractivity contribution is 0.484. The van der Waals surface area contributed by atoms with Gasteiger partial charge in [0.15, 0.2) is 0 Å². The van der Waals surface area contributed by atoms with Crippen LogP contribution in [-0.2, 0) is 23.0 Å². The Labute approximate surface area is 285 Å². The van der Waals surface area contributed by atoms with E-state index in [1.807, 2.05) is 12.1 Å². The Morgan fingerprint density at radius 3 is 1.20 bits per heavy atom. The SMILES string of the molecule is CCCCCCCCCCCCCCCCc1ccc2c(S(=O)(=O)O)ccc(CCCCCCCCCCCCCCCC)c2c1. The Morgan fingerprint density at radius 1 is 0.435 bits per heavy atom. The van der Waals surface area contributed by atoms with Crippen LogP contribution in [0.3, 0.4) is 0 Å². The van der Waals surface area contributed by atoms with Crippen LogP contribution in [-0.4, -0.2) is 13.0 Å². The molecule has 0 aliphatic carbocycles. The molecule has 0 fully saturated rings. The maximum atomic E-state index is 12.1. The van der Waals surface area contributed by atoms with E-state index in [0.717, 1.165) is 24.6 Å². The van der Waals surface area contributed by atoms with Gasteiger partial charge in [0.25, 0.3) is 10.1 Å². The summed E-state index contributed by atoms with van der Waals surface area (Å²) in [6.07, 6.45) is 39.9. The highest BCUT2D eigenvalue weighted by atomic mass is 32.2. The molecule has 0 aliphatic rings. The van der Waals surface area contributed by atoms with Crippen molar-refractivity contribution in [1.82, 2.24) is 0 Å². The van der Waals surface area contributed by atoms with Crippen molar-refractivity contribution in [2.75, 3.05) is 0 Å². The van der Waals surface area contributed by atoms with Crippen LogP contribution < -0.4 is 0 Å². The van der Waals surface area contributed by atoms with Crippen LogP contribution in [0.5, 0.6) is 0 Å². The van der Waals surface area contributed by atoms with Crippen molar-refractivity contribution < 1.29 is 13.0 Å². The maximum Gasteiger partial charge on any atom is 0.295 e. The van der Waals surface area contributed by atoms with Crippen molar-refractivity contribution in [3.8, 4) is 0 Å². The summed E-state index contributed by atoms with van der Waals surface area (Å²) in [4.78, 5) is 0.0373. The first-order chi connectivity index (χ1) is 22.5. The molecule has 0 bridgehead atoms. The Balaban J connectivity index is 1.67. The van der Waals surface area contributed by atoms with Crippen LogP contribution in [0.2, 0.25) is 0 Å². The molecule has 2 rings (SSSR count). The fourth-order valence-electron chi connectivity index (χ4n) is 7.06. The molecule has 46 heavy (non-hydrogen) atoms. The maximum absolute atomic E-state index is 12.1. The van der Waals surface area contributed by atoms with E-state index in [-0.39, 0.29) is 4.90 Å². The minimum Gasteiger partial charge on any atom is -0.282 e. The molecule has 264 valence electrons. The molecule has 1 N–H and O–H groups in total. The summed E-state index contributed by atoms with van der Waals surface area (Å²) >= 11 is 0. The van der Waals surface area contributed by atoms with E-state index in [0.29, 0.717) is 5.39 Å². The zero-order valence-corrected chi connectivity index (χ0v) is 31.1. The fraction of sp³-hybridized carbons (Fsp3) is 0.762. The highest BCUT2D eigenvalue weighted by Gasteiger charge is 2.16. The topological polar surface area (TPSA) is 54.4 Å². The lowest BCUT2D eigenvalue weighted by Gasteiger charge is -2.12. The molecule has 4 heteroatoms. The summed E-state index contributed by atoms with van der Waals surface area (Å²) in [6, 6.07) is 9.72. The Morgan fingerprint density at radius 2 is 0.804 bits per heavy atom. The molecule has 0 radical (unpaired) electrons. The Bertz CT molecular complexity index is 1120. The van der Waals surface area contributed by atoms with Gasteiger partial charge in [-0.1, -0.05) is 205 Å². The molecule has 2 aromatic rings. The molecule has 0 aromatic heterocycles. The van der Waals surface area contributed by atoms with Crippen LogP contribution in [0.15, 0.2) is 35.2 Å². The first-order valence-corrected chi connectivity index (χ1v) is 21.4. The van der Waals surface area contributed by atoms with E-state index in [1.165, 1.54) is 184 Å². The van der Waals surface area contributed by atoms with Gasteiger partial charge in [0.1, 0.15) is 4.90 Å². The van der Waals surface area contributed by atoms with Gasteiger partial charge in [0.05, 0.1) is 0 Å². The van der Waals surface area contributed by atoms with E-state index in [2.05, 4.69) is 26.0 Å². The number of benzene rings is 2. The minimum absolute atomic E-state index is 0.0373. The Hall–Kier alpha value is -1.39. The third-order valence-corrected chi connectivity index (χ3v) is 10.9. The van der Waals surface area contributed by atoms with E-state index in [1.54, 1.807) is 6.07 Å². The normalized spacial score (nSPS) is 12.0. The van der Waals surface area contributed by atoms with Crippen LogP contribution in [0, 0.1) is 0 Å². The van der Waals surface area contributed by atoms with Crippen molar-refractivity contribution in [1.29, 1.82) is 0 Å². The first kappa shape index (κ1) is 40.8. The molecule has 0 amide bonds. The number of unbranched alkanes of at least 4 members (excludes halogenated alkanes) is 26. The highest BCUT2D eigenvalue weighted by molar-refractivity contribution is 7.86. The van der Waals surface area contributed by atoms with E-state index >= 15 is 0 Å². The highest BCUT2D eigenvalue weighted by Crippen LogP contribution is 2.29. The second-order valence-corrected chi connectivity index (χ2v) is 15.7. The molecule has 0 aliphatic heterocycles. The van der Waals surface area contributed by atoms with Gasteiger partial charge in [-0.25, -0.2) is 0 Å². The predicted molar refractivity (Wildman–Crippen MR) is 202 cm³/mol. The van der Waals surface area contributed by atoms with Gasteiger partial charge >= 0.3 is 0 Å². The van der Waals surface area contributed by atoms with Gasteiger partial charge in [0, 0.05) is 5.39 Å². The van der Waals surface area contributed by atoms with E-state index in [9.17, 15) is 13.0 Å². The molecule has 3 nitrogen and oxygen atoms in total. The molecular weight excluding hydrogens is 585 g/mol. The lowest BCUT2D eigenvalue weighted by atomic mass is 9.95. The molecular formula is C42H72O3S. The largest absolute Gasteiger partial charge is 0.295 e. The summed E-state index contributed by atoms with van der Waals surface area (Å²) in [6.45, 7) is 4.56. The number of hydrogen-bond donors (Lipinski definition) is 1. The Kier molecular flexibility index (Phi) is 23.5. The van der Waals surface area contributed by atoms with Crippen molar-refractivity contribution in [2.24, 2.45) is 0 Å². The van der Waals surface area contributed by atoms with Gasteiger partial charge in [-0.3, -0.25) is 4.55 Å². The number of aryl methyl sites for hydroxylation is 2. The van der Waals surface area contributed by atoms with Gasteiger partial charge in [0.2, 0.25) is 0 Å². The second kappa shape index (κ2) is 26.6. The quantitative estimate of drug-likeness (QED) is 0.0649. The minimum atomic E-state index is -4.25. The smallest absolute Gasteiger partial charge is 0.282 e. The van der Waals surface area contributed by atoms with Gasteiger partial charge in [-0.15, -0.1) is 0 Å². The molecule has 0 saturated heterocycles. The van der Waals surface area contributed by atoms with Crippen LogP contribution in [0.4, 0.5) is 0 Å². The first-order valence-electron chi connectivity index (χ1n) is 20.0. The molecule has 0 heterocycles. The molecule has 0 spiro atoms. The average Bonchev–Trinajstić information content (AvgIpc) is 3.04. The van der Waals surface area contributed by atoms with Crippen molar-refractivity contribution in [3.05, 3.63) is 41.5 Å². The van der Waals surface area contributed by atoms with Crippen LogP contribution in [0.1, 0.15) is 205 Å². The molecule has 0 atom stereocenters. The van der Waals surface area contributed by atoms with E-state index in [4.69, 9.17) is 0 Å². The van der Waals surface area contributed by atoms with Crippen LogP contribution >= 0.6 is 0 Å². The summed E-state index contributed by atoms with van der Waals surface area (Å²) < 4.78 is 34.1. The lowest BCUT2D eigenvalue weighted by Crippen LogP contribution is -2.01.